The van der Waals surface area contributed by atoms with E-state index >= 15 is 0 Å². The minimum Gasteiger partial charge on any atom is -0.478 e. The number of anilines is 1. The SMILES string of the molecule is CN(C)c1cc2ccccc2cc1C(=O)O.O=C(O)c1cccc2ccccc12. The van der Waals surface area contributed by atoms with Crippen molar-refractivity contribution in [1.82, 2.24) is 0 Å². The van der Waals surface area contributed by atoms with Crippen LogP contribution in [0.4, 0.5) is 5.69 Å². The molecular weight excluding hydrogens is 366 g/mol. The fourth-order valence-corrected chi connectivity index (χ4v) is 3.18. The van der Waals surface area contributed by atoms with Crippen molar-refractivity contribution in [2.24, 2.45) is 0 Å². The average molecular weight is 387 g/mol. The molecule has 0 radical (unpaired) electrons. The monoisotopic (exact) mass is 387 g/mol. The third kappa shape index (κ3) is 4.35. The molecule has 4 aromatic rings. The fourth-order valence-electron chi connectivity index (χ4n) is 3.18. The zero-order valence-corrected chi connectivity index (χ0v) is 16.2. The minimum absolute atomic E-state index is 0.337. The van der Waals surface area contributed by atoms with Gasteiger partial charge in [0, 0.05) is 14.1 Å². The first kappa shape index (κ1) is 19.9. The van der Waals surface area contributed by atoms with E-state index in [2.05, 4.69) is 0 Å². The van der Waals surface area contributed by atoms with E-state index in [0.717, 1.165) is 27.2 Å². The molecule has 0 aliphatic rings. The van der Waals surface area contributed by atoms with Crippen LogP contribution in [0.25, 0.3) is 21.5 Å². The van der Waals surface area contributed by atoms with E-state index in [0.29, 0.717) is 11.1 Å². The van der Waals surface area contributed by atoms with Gasteiger partial charge in [0.25, 0.3) is 0 Å². The summed E-state index contributed by atoms with van der Waals surface area (Å²) in [4.78, 5) is 23.8. The zero-order valence-electron chi connectivity index (χ0n) is 16.2. The van der Waals surface area contributed by atoms with Gasteiger partial charge in [-0.2, -0.15) is 0 Å². The second-order valence-corrected chi connectivity index (χ2v) is 6.75. The van der Waals surface area contributed by atoms with Crippen molar-refractivity contribution in [1.29, 1.82) is 0 Å². The van der Waals surface area contributed by atoms with Crippen molar-refractivity contribution in [2.45, 2.75) is 0 Å². The Hall–Kier alpha value is -3.86. The summed E-state index contributed by atoms with van der Waals surface area (Å²) in [6.07, 6.45) is 0. The maximum absolute atomic E-state index is 11.1. The van der Waals surface area contributed by atoms with Crippen molar-refractivity contribution in [2.75, 3.05) is 19.0 Å². The van der Waals surface area contributed by atoms with Gasteiger partial charge >= 0.3 is 11.9 Å². The van der Waals surface area contributed by atoms with Crippen LogP contribution in [-0.4, -0.2) is 36.2 Å². The highest BCUT2D eigenvalue weighted by atomic mass is 16.4. The van der Waals surface area contributed by atoms with Gasteiger partial charge in [-0.05, 0) is 39.7 Å². The molecule has 0 heterocycles. The van der Waals surface area contributed by atoms with Gasteiger partial charge in [0.1, 0.15) is 0 Å². The van der Waals surface area contributed by atoms with Gasteiger partial charge in [-0.1, -0.05) is 60.7 Å². The maximum Gasteiger partial charge on any atom is 0.337 e. The van der Waals surface area contributed by atoms with Crippen LogP contribution in [0.15, 0.2) is 78.9 Å². The van der Waals surface area contributed by atoms with E-state index in [9.17, 15) is 9.59 Å². The summed E-state index contributed by atoms with van der Waals surface area (Å²) >= 11 is 0. The molecule has 0 spiro atoms. The predicted octanol–water partition coefficient (Wildman–Crippen LogP) is 5.14. The van der Waals surface area contributed by atoms with Gasteiger partial charge < -0.3 is 15.1 Å². The van der Waals surface area contributed by atoms with E-state index in [4.69, 9.17) is 10.2 Å². The summed E-state index contributed by atoms with van der Waals surface area (Å²) in [6, 6.07) is 24.1. The van der Waals surface area contributed by atoms with E-state index in [1.165, 1.54) is 0 Å². The molecule has 0 amide bonds. The number of carboxylic acids is 2. The number of nitrogens with zero attached hydrogens (tertiary/aromatic N) is 1. The van der Waals surface area contributed by atoms with Gasteiger partial charge in [-0.15, -0.1) is 0 Å². The normalized spacial score (nSPS) is 10.3. The lowest BCUT2D eigenvalue weighted by molar-refractivity contribution is 0.0687. The Morgan fingerprint density at radius 2 is 1.17 bits per heavy atom. The minimum atomic E-state index is -0.894. The largest absolute Gasteiger partial charge is 0.478 e. The standard InChI is InChI=1S/C13H13NO2.C11H8O2/c1-14(2)12-8-10-6-4-3-5-9(10)7-11(12)13(15)16;12-11(13)10-7-3-5-8-4-1-2-6-9(8)10/h3-8H,1-2H3,(H,15,16);1-7H,(H,12,13). The Morgan fingerprint density at radius 1 is 0.655 bits per heavy atom. The summed E-state index contributed by atoms with van der Waals surface area (Å²) < 4.78 is 0. The number of carbonyl (C=O) groups is 2. The Balaban J connectivity index is 0.000000169. The fraction of sp³-hybridized carbons (Fsp3) is 0.0833. The highest BCUT2D eigenvalue weighted by molar-refractivity contribution is 6.03. The first-order valence-corrected chi connectivity index (χ1v) is 9.03. The Labute approximate surface area is 168 Å². The van der Waals surface area contributed by atoms with E-state index in [1.807, 2.05) is 79.7 Å². The Bertz CT molecular complexity index is 1190. The summed E-state index contributed by atoms with van der Waals surface area (Å²) in [7, 11) is 3.69. The van der Waals surface area contributed by atoms with Crippen LogP contribution in [0.1, 0.15) is 20.7 Å². The molecule has 0 saturated heterocycles. The van der Waals surface area contributed by atoms with E-state index < -0.39 is 11.9 Å². The van der Waals surface area contributed by atoms with Crippen molar-refractivity contribution in [3.8, 4) is 0 Å². The van der Waals surface area contributed by atoms with Crippen LogP contribution in [0, 0.1) is 0 Å². The lowest BCUT2D eigenvalue weighted by Gasteiger charge is -2.16. The highest BCUT2D eigenvalue weighted by Crippen LogP contribution is 2.26. The van der Waals surface area contributed by atoms with Crippen LogP contribution < -0.4 is 4.90 Å². The first-order chi connectivity index (χ1) is 13.9. The lowest BCUT2D eigenvalue weighted by Crippen LogP contribution is -2.13. The molecule has 0 aliphatic carbocycles. The highest BCUT2D eigenvalue weighted by Gasteiger charge is 2.12. The van der Waals surface area contributed by atoms with Crippen LogP contribution in [-0.2, 0) is 0 Å². The van der Waals surface area contributed by atoms with Gasteiger partial charge in [-0.25, -0.2) is 9.59 Å². The Kier molecular flexibility index (Phi) is 5.79. The summed E-state index contributed by atoms with van der Waals surface area (Å²) in [6.45, 7) is 0. The van der Waals surface area contributed by atoms with Crippen molar-refractivity contribution in [3.63, 3.8) is 0 Å². The molecule has 0 aromatic heterocycles. The molecule has 0 aliphatic heterocycles. The third-order valence-corrected chi connectivity index (χ3v) is 4.60. The summed E-state index contributed by atoms with van der Waals surface area (Å²) in [5.74, 6) is -1.77. The van der Waals surface area contributed by atoms with Gasteiger partial charge in [0.05, 0.1) is 16.8 Å². The molecule has 4 rings (SSSR count). The molecule has 0 atom stereocenters. The molecule has 0 unspecified atom stereocenters. The van der Waals surface area contributed by atoms with Crippen LogP contribution in [0.3, 0.4) is 0 Å². The van der Waals surface area contributed by atoms with Crippen molar-refractivity contribution < 1.29 is 19.8 Å². The number of aromatic carboxylic acids is 2. The van der Waals surface area contributed by atoms with Gasteiger partial charge in [0.2, 0.25) is 0 Å². The van der Waals surface area contributed by atoms with Crippen molar-refractivity contribution >= 4 is 39.2 Å². The molecule has 5 nitrogen and oxygen atoms in total. The van der Waals surface area contributed by atoms with Crippen LogP contribution >= 0.6 is 0 Å². The molecule has 146 valence electrons. The number of fused-ring (bicyclic) bond motifs is 2. The maximum atomic E-state index is 11.1. The number of hydrogen-bond donors (Lipinski definition) is 2. The van der Waals surface area contributed by atoms with Crippen LogP contribution in [0.2, 0.25) is 0 Å². The van der Waals surface area contributed by atoms with E-state index in [-0.39, 0.29) is 0 Å². The molecule has 29 heavy (non-hydrogen) atoms. The number of hydrogen-bond acceptors (Lipinski definition) is 3. The quantitative estimate of drug-likeness (QED) is 0.509. The molecule has 4 aromatic carbocycles. The third-order valence-electron chi connectivity index (χ3n) is 4.60. The summed E-state index contributed by atoms with van der Waals surface area (Å²) in [5, 5.41) is 21.8. The second kappa shape index (κ2) is 8.44. The molecule has 5 heteroatoms. The van der Waals surface area contributed by atoms with Crippen molar-refractivity contribution in [3.05, 3.63) is 90.0 Å². The molecule has 2 N–H and O–H groups in total. The lowest BCUT2D eigenvalue weighted by atomic mass is 10.0. The molecule has 0 bridgehead atoms. The van der Waals surface area contributed by atoms with Gasteiger partial charge in [-0.3, -0.25) is 0 Å². The molecular formula is C24H21NO4. The predicted molar refractivity (Wildman–Crippen MR) is 116 cm³/mol. The van der Waals surface area contributed by atoms with E-state index in [1.54, 1.807) is 18.2 Å². The Morgan fingerprint density at radius 3 is 1.76 bits per heavy atom. The number of benzene rings is 4. The summed E-state index contributed by atoms with van der Waals surface area (Å²) in [5.41, 5.74) is 1.42. The number of rotatable bonds is 3. The smallest absolute Gasteiger partial charge is 0.337 e. The number of carboxylic acid groups (broad SMARTS) is 2. The average Bonchev–Trinajstić information content (AvgIpc) is 2.72. The molecule has 0 saturated carbocycles. The second-order valence-electron chi connectivity index (χ2n) is 6.75. The molecule has 0 fully saturated rings. The van der Waals surface area contributed by atoms with Crippen LogP contribution in [0.5, 0.6) is 0 Å². The zero-order chi connectivity index (χ0) is 21.0. The van der Waals surface area contributed by atoms with Gasteiger partial charge in [0.15, 0.2) is 0 Å². The first-order valence-electron chi connectivity index (χ1n) is 9.03. The topological polar surface area (TPSA) is 77.8 Å².